The minimum absolute atomic E-state index is 0.0577. The third-order valence-electron chi connectivity index (χ3n) is 4.54. The molecule has 0 spiro atoms. The van der Waals surface area contributed by atoms with Crippen molar-refractivity contribution in [1.82, 2.24) is 24.6 Å². The van der Waals surface area contributed by atoms with Crippen LogP contribution < -0.4 is 11.1 Å². The molecule has 1 amide bonds. The van der Waals surface area contributed by atoms with Crippen LogP contribution in [0.1, 0.15) is 19.5 Å². The molecule has 26 heavy (non-hydrogen) atoms. The van der Waals surface area contributed by atoms with Crippen LogP contribution >= 0.6 is 0 Å². The van der Waals surface area contributed by atoms with Gasteiger partial charge in [-0.1, -0.05) is 0 Å². The predicted molar refractivity (Wildman–Crippen MR) is 102 cm³/mol. The van der Waals surface area contributed by atoms with Crippen LogP contribution in [0, 0.1) is 0 Å². The number of benzene rings is 1. The Hall–Kier alpha value is -3.35. The van der Waals surface area contributed by atoms with E-state index in [-0.39, 0.29) is 5.91 Å². The van der Waals surface area contributed by atoms with Gasteiger partial charge in [0.1, 0.15) is 5.82 Å². The van der Waals surface area contributed by atoms with E-state index in [0.717, 1.165) is 39.7 Å². The molecule has 0 radical (unpaired) electrons. The number of nitrogens with zero attached hydrogens (tertiary/aromatic N) is 4. The largest absolute Gasteiger partial charge is 0.383 e. The van der Waals surface area contributed by atoms with Gasteiger partial charge in [0, 0.05) is 42.3 Å². The molecule has 0 bridgehead atoms. The van der Waals surface area contributed by atoms with Gasteiger partial charge in [-0.3, -0.25) is 4.79 Å². The van der Waals surface area contributed by atoms with Gasteiger partial charge in [-0.15, -0.1) is 0 Å². The molecule has 0 aliphatic rings. The Morgan fingerprint density at radius 3 is 2.81 bits per heavy atom. The number of carbonyl (C=O) groups is 1. The zero-order valence-electron chi connectivity index (χ0n) is 14.7. The van der Waals surface area contributed by atoms with Crippen molar-refractivity contribution in [3.05, 3.63) is 48.4 Å². The van der Waals surface area contributed by atoms with Crippen molar-refractivity contribution in [2.24, 2.45) is 0 Å². The maximum Gasteiger partial charge on any atom is 0.217 e. The maximum atomic E-state index is 11.3. The first-order chi connectivity index (χ1) is 12.6. The highest BCUT2D eigenvalue weighted by Crippen LogP contribution is 2.32. The first-order valence-corrected chi connectivity index (χ1v) is 8.54. The number of nitrogens with two attached hydrogens (primary N) is 1. The zero-order chi connectivity index (χ0) is 18.3. The Morgan fingerprint density at radius 2 is 2.12 bits per heavy atom. The Balaban J connectivity index is 1.94. The van der Waals surface area contributed by atoms with E-state index < -0.39 is 0 Å². The summed E-state index contributed by atoms with van der Waals surface area (Å²) in [6.07, 6.45) is 3.63. The Morgan fingerprint density at radius 1 is 1.27 bits per heavy atom. The van der Waals surface area contributed by atoms with E-state index in [1.165, 1.54) is 6.92 Å². The van der Waals surface area contributed by atoms with Crippen molar-refractivity contribution in [1.29, 1.82) is 0 Å². The Bertz CT molecular complexity index is 1110. The molecule has 4 aromatic rings. The van der Waals surface area contributed by atoms with Crippen molar-refractivity contribution in [2.75, 3.05) is 5.73 Å². The standard InChI is InChI=1S/C19H20N6O/c1-3-24-14(11-21-12(2)26)9-16-18(24)15-6-5-13(25-8-4-7-22-25)10-17(15)23-19(16)20/h4-10H,3,11H2,1-2H3,(H2,20,23)(H,21,26). The average Bonchev–Trinajstić information content (AvgIpc) is 3.27. The van der Waals surface area contributed by atoms with Crippen molar-refractivity contribution in [3.8, 4) is 5.69 Å². The summed E-state index contributed by atoms with van der Waals surface area (Å²) in [6, 6.07) is 9.95. The summed E-state index contributed by atoms with van der Waals surface area (Å²) < 4.78 is 3.97. The van der Waals surface area contributed by atoms with Crippen LogP contribution in [0.3, 0.4) is 0 Å². The molecule has 0 saturated carbocycles. The predicted octanol–water partition coefficient (Wildman–Crippen LogP) is 2.61. The van der Waals surface area contributed by atoms with Gasteiger partial charge < -0.3 is 15.6 Å². The van der Waals surface area contributed by atoms with Crippen molar-refractivity contribution in [2.45, 2.75) is 26.9 Å². The molecule has 7 nitrogen and oxygen atoms in total. The molecule has 3 aromatic heterocycles. The molecule has 0 unspecified atom stereocenters. The lowest BCUT2D eigenvalue weighted by Crippen LogP contribution is -2.20. The minimum Gasteiger partial charge on any atom is -0.383 e. The first-order valence-electron chi connectivity index (χ1n) is 8.54. The lowest BCUT2D eigenvalue weighted by Gasteiger charge is -2.11. The molecule has 0 saturated heterocycles. The number of fused-ring (bicyclic) bond motifs is 3. The van der Waals surface area contributed by atoms with Gasteiger partial charge >= 0.3 is 0 Å². The topological polar surface area (TPSA) is 90.8 Å². The third kappa shape index (κ3) is 2.57. The Labute approximate surface area is 150 Å². The van der Waals surface area contributed by atoms with Crippen LogP contribution in [-0.4, -0.2) is 25.2 Å². The van der Waals surface area contributed by atoms with Crippen LogP contribution in [0.2, 0.25) is 0 Å². The summed E-state index contributed by atoms with van der Waals surface area (Å²) in [5.41, 5.74) is 10.1. The molecule has 0 fully saturated rings. The molecular formula is C19H20N6O. The summed E-state index contributed by atoms with van der Waals surface area (Å²) in [6.45, 7) is 4.83. The van der Waals surface area contributed by atoms with Gasteiger partial charge in [0.25, 0.3) is 0 Å². The first kappa shape index (κ1) is 16.1. The summed E-state index contributed by atoms with van der Waals surface area (Å²) in [5.74, 6) is 0.430. The number of pyridine rings is 1. The highest BCUT2D eigenvalue weighted by Gasteiger charge is 2.15. The molecule has 4 rings (SSSR count). The fourth-order valence-corrected chi connectivity index (χ4v) is 3.38. The highest BCUT2D eigenvalue weighted by atomic mass is 16.1. The van der Waals surface area contributed by atoms with Crippen molar-refractivity contribution < 1.29 is 4.79 Å². The number of anilines is 1. The number of hydrogen-bond donors (Lipinski definition) is 2. The quantitative estimate of drug-likeness (QED) is 0.593. The van der Waals surface area contributed by atoms with E-state index >= 15 is 0 Å². The normalized spacial score (nSPS) is 11.3. The van der Waals surface area contributed by atoms with Gasteiger partial charge in [0.2, 0.25) is 5.91 Å². The van der Waals surface area contributed by atoms with Crippen LogP contribution in [0.4, 0.5) is 5.82 Å². The molecule has 1 aromatic carbocycles. The van der Waals surface area contributed by atoms with Crippen LogP contribution in [0.5, 0.6) is 0 Å². The van der Waals surface area contributed by atoms with Gasteiger partial charge in [0.05, 0.1) is 23.3 Å². The number of carbonyl (C=O) groups excluding carboxylic acids is 1. The summed E-state index contributed by atoms with van der Waals surface area (Å²) in [5, 5.41) is 9.07. The second-order valence-corrected chi connectivity index (χ2v) is 6.20. The lowest BCUT2D eigenvalue weighted by molar-refractivity contribution is -0.119. The smallest absolute Gasteiger partial charge is 0.217 e. The lowest BCUT2D eigenvalue weighted by atomic mass is 10.1. The molecule has 132 valence electrons. The van der Waals surface area contributed by atoms with Gasteiger partial charge in [-0.25, -0.2) is 9.67 Å². The van der Waals surface area contributed by atoms with Crippen LogP contribution in [0.25, 0.3) is 27.5 Å². The monoisotopic (exact) mass is 348 g/mol. The average molecular weight is 348 g/mol. The van der Waals surface area contributed by atoms with E-state index in [0.29, 0.717) is 12.4 Å². The second kappa shape index (κ2) is 6.18. The summed E-state index contributed by atoms with van der Waals surface area (Å²) in [4.78, 5) is 15.9. The molecule has 0 atom stereocenters. The van der Waals surface area contributed by atoms with Gasteiger partial charge in [-0.2, -0.15) is 5.10 Å². The highest BCUT2D eigenvalue weighted by molar-refractivity contribution is 6.09. The minimum atomic E-state index is -0.0577. The maximum absolute atomic E-state index is 11.3. The number of hydrogen-bond acceptors (Lipinski definition) is 4. The van der Waals surface area contributed by atoms with Crippen molar-refractivity contribution >= 4 is 33.5 Å². The number of aryl methyl sites for hydroxylation is 1. The Kier molecular flexibility index (Phi) is 3.84. The van der Waals surface area contributed by atoms with Crippen LogP contribution in [0.15, 0.2) is 42.7 Å². The van der Waals surface area contributed by atoms with Gasteiger partial charge in [0.15, 0.2) is 0 Å². The summed E-state index contributed by atoms with van der Waals surface area (Å²) in [7, 11) is 0. The van der Waals surface area contributed by atoms with Crippen molar-refractivity contribution in [3.63, 3.8) is 0 Å². The second-order valence-electron chi connectivity index (χ2n) is 6.20. The van der Waals surface area contributed by atoms with Crippen LogP contribution in [-0.2, 0) is 17.9 Å². The number of aromatic nitrogens is 4. The summed E-state index contributed by atoms with van der Waals surface area (Å²) >= 11 is 0. The van der Waals surface area contributed by atoms with E-state index in [2.05, 4.69) is 33.0 Å². The molecule has 3 N–H and O–H groups in total. The van der Waals surface area contributed by atoms with E-state index in [1.807, 2.05) is 30.5 Å². The molecule has 0 aliphatic carbocycles. The fraction of sp³-hybridized carbons (Fsp3) is 0.211. The molecule has 0 aliphatic heterocycles. The number of nitrogens with one attached hydrogen (secondary N) is 1. The van der Waals surface area contributed by atoms with E-state index in [4.69, 9.17) is 5.73 Å². The number of rotatable bonds is 4. The molecule has 7 heteroatoms. The SMILES string of the molecule is CCn1c(CNC(C)=O)cc2c(N)nc3cc(-n4cccn4)ccc3c21. The van der Waals surface area contributed by atoms with E-state index in [9.17, 15) is 4.79 Å². The fourth-order valence-electron chi connectivity index (χ4n) is 3.38. The third-order valence-corrected chi connectivity index (χ3v) is 4.54. The molecular weight excluding hydrogens is 328 g/mol. The zero-order valence-corrected chi connectivity index (χ0v) is 14.7. The number of amides is 1. The van der Waals surface area contributed by atoms with E-state index in [1.54, 1.807) is 10.9 Å². The number of nitrogen functional groups attached to an aromatic ring is 1. The molecule has 3 heterocycles. The van der Waals surface area contributed by atoms with Gasteiger partial charge in [-0.05, 0) is 37.3 Å².